The van der Waals surface area contributed by atoms with Gasteiger partial charge in [0.1, 0.15) is 5.75 Å². The first-order chi connectivity index (χ1) is 13.7. The average Bonchev–Trinajstić information content (AvgIpc) is 2.72. The molecule has 145 valence electrons. The molecule has 2 heteroatoms. The summed E-state index contributed by atoms with van der Waals surface area (Å²) in [5.41, 5.74) is 4.02. The number of aromatic nitrogens is 1. The van der Waals surface area contributed by atoms with Gasteiger partial charge in [0.25, 0.3) is 0 Å². The number of hydrogen-bond donors (Lipinski definition) is 0. The van der Waals surface area contributed by atoms with Gasteiger partial charge in [0.2, 0.25) is 0 Å². The molecular weight excluding hydrogens is 342 g/mol. The molecule has 1 aromatic heterocycles. The molecule has 0 aliphatic rings. The fourth-order valence-corrected chi connectivity index (χ4v) is 3.64. The SMILES string of the molecule is CC(C)Oc1c[c]ccc1CCC(CCCc1ccccc1)c1cccnc1. The summed E-state index contributed by atoms with van der Waals surface area (Å²) in [6, 6.07) is 24.2. The Kier molecular flexibility index (Phi) is 7.66. The van der Waals surface area contributed by atoms with Crippen molar-refractivity contribution in [1.29, 1.82) is 0 Å². The van der Waals surface area contributed by atoms with Crippen LogP contribution in [-0.2, 0) is 12.8 Å². The second-order valence-corrected chi connectivity index (χ2v) is 7.60. The Hall–Kier alpha value is -2.61. The summed E-state index contributed by atoms with van der Waals surface area (Å²) in [5, 5.41) is 0. The Morgan fingerprint density at radius 2 is 1.82 bits per heavy atom. The van der Waals surface area contributed by atoms with Crippen LogP contribution in [-0.4, -0.2) is 11.1 Å². The maximum absolute atomic E-state index is 5.98. The summed E-state index contributed by atoms with van der Waals surface area (Å²) < 4.78 is 5.98. The Balaban J connectivity index is 1.65. The van der Waals surface area contributed by atoms with Crippen LogP contribution in [0.3, 0.4) is 0 Å². The maximum Gasteiger partial charge on any atom is 0.123 e. The number of benzene rings is 2. The van der Waals surface area contributed by atoms with Gasteiger partial charge in [-0.3, -0.25) is 4.98 Å². The van der Waals surface area contributed by atoms with Crippen molar-refractivity contribution in [3.63, 3.8) is 0 Å². The van der Waals surface area contributed by atoms with E-state index in [-0.39, 0.29) is 6.10 Å². The van der Waals surface area contributed by atoms with Crippen LogP contribution in [0.2, 0.25) is 0 Å². The molecular formula is C26H30NO. The second kappa shape index (κ2) is 10.7. The molecule has 2 aromatic carbocycles. The van der Waals surface area contributed by atoms with Crippen LogP contribution in [0.15, 0.2) is 73.1 Å². The molecule has 0 spiro atoms. The fraction of sp³-hybridized carbons (Fsp3) is 0.346. The van der Waals surface area contributed by atoms with E-state index in [0.29, 0.717) is 5.92 Å². The van der Waals surface area contributed by atoms with Gasteiger partial charge in [-0.2, -0.15) is 0 Å². The molecule has 1 atom stereocenters. The smallest absolute Gasteiger partial charge is 0.123 e. The van der Waals surface area contributed by atoms with E-state index in [1.54, 1.807) is 0 Å². The van der Waals surface area contributed by atoms with Gasteiger partial charge in [0.15, 0.2) is 0 Å². The van der Waals surface area contributed by atoms with E-state index in [1.807, 2.05) is 30.6 Å². The molecule has 3 aromatic rings. The van der Waals surface area contributed by atoms with Crippen LogP contribution in [0.25, 0.3) is 0 Å². The first kappa shape index (κ1) is 20.1. The highest BCUT2D eigenvalue weighted by Crippen LogP contribution is 2.29. The topological polar surface area (TPSA) is 22.1 Å². The molecule has 0 aliphatic heterocycles. The number of aryl methyl sites for hydroxylation is 2. The van der Waals surface area contributed by atoms with Gasteiger partial charge in [0, 0.05) is 12.4 Å². The largest absolute Gasteiger partial charge is 0.491 e. The van der Waals surface area contributed by atoms with Gasteiger partial charge >= 0.3 is 0 Å². The minimum absolute atomic E-state index is 0.176. The number of hydrogen-bond acceptors (Lipinski definition) is 2. The van der Waals surface area contributed by atoms with E-state index in [0.717, 1.165) is 25.0 Å². The molecule has 0 saturated carbocycles. The lowest BCUT2D eigenvalue weighted by atomic mass is 9.88. The zero-order chi connectivity index (χ0) is 19.6. The lowest BCUT2D eigenvalue weighted by Crippen LogP contribution is -2.08. The molecule has 3 rings (SSSR count). The quantitative estimate of drug-likeness (QED) is 0.410. The zero-order valence-corrected chi connectivity index (χ0v) is 17.0. The van der Waals surface area contributed by atoms with Crippen LogP contribution < -0.4 is 4.74 Å². The Labute approximate surface area is 169 Å². The molecule has 0 aliphatic carbocycles. The lowest BCUT2D eigenvalue weighted by Gasteiger charge is -2.19. The van der Waals surface area contributed by atoms with Gasteiger partial charge in [-0.1, -0.05) is 48.5 Å². The van der Waals surface area contributed by atoms with E-state index in [9.17, 15) is 0 Å². The Bertz CT molecular complexity index is 814. The van der Waals surface area contributed by atoms with Crippen molar-refractivity contribution in [3.8, 4) is 5.75 Å². The summed E-state index contributed by atoms with van der Waals surface area (Å²) in [6.45, 7) is 4.14. The second-order valence-electron chi connectivity index (χ2n) is 7.60. The minimum Gasteiger partial charge on any atom is -0.491 e. The third-order valence-corrected chi connectivity index (χ3v) is 5.05. The first-order valence-corrected chi connectivity index (χ1v) is 10.3. The van der Waals surface area contributed by atoms with E-state index in [4.69, 9.17) is 4.74 Å². The summed E-state index contributed by atoms with van der Waals surface area (Å²) in [4.78, 5) is 4.35. The number of pyridine rings is 1. The van der Waals surface area contributed by atoms with Crippen molar-refractivity contribution < 1.29 is 4.74 Å². The lowest BCUT2D eigenvalue weighted by molar-refractivity contribution is 0.239. The highest BCUT2D eigenvalue weighted by Gasteiger charge is 2.14. The predicted octanol–water partition coefficient (Wildman–Crippen LogP) is 6.41. The minimum atomic E-state index is 0.176. The molecule has 0 N–H and O–H groups in total. The monoisotopic (exact) mass is 372 g/mol. The Morgan fingerprint density at radius 3 is 2.57 bits per heavy atom. The van der Waals surface area contributed by atoms with Gasteiger partial charge in [-0.25, -0.2) is 0 Å². The van der Waals surface area contributed by atoms with Crippen molar-refractivity contribution in [2.75, 3.05) is 0 Å². The van der Waals surface area contributed by atoms with Gasteiger partial charge in [-0.05, 0) is 86.8 Å². The third kappa shape index (κ3) is 6.23. The summed E-state index contributed by atoms with van der Waals surface area (Å²) in [6.07, 6.45) is 9.63. The summed E-state index contributed by atoms with van der Waals surface area (Å²) in [5.74, 6) is 1.47. The van der Waals surface area contributed by atoms with Crippen LogP contribution in [0, 0.1) is 6.07 Å². The van der Waals surface area contributed by atoms with Crippen LogP contribution in [0.4, 0.5) is 0 Å². The number of rotatable bonds is 10. The molecule has 0 saturated heterocycles. The van der Waals surface area contributed by atoms with E-state index >= 15 is 0 Å². The van der Waals surface area contributed by atoms with E-state index in [1.165, 1.54) is 29.5 Å². The van der Waals surface area contributed by atoms with Crippen molar-refractivity contribution >= 4 is 0 Å². The van der Waals surface area contributed by atoms with Crippen molar-refractivity contribution in [3.05, 3.63) is 95.8 Å². The predicted molar refractivity (Wildman–Crippen MR) is 116 cm³/mol. The van der Waals surface area contributed by atoms with Crippen LogP contribution in [0.1, 0.15) is 55.7 Å². The van der Waals surface area contributed by atoms with Crippen LogP contribution in [0.5, 0.6) is 5.75 Å². The molecule has 0 bridgehead atoms. The number of ether oxygens (including phenoxy) is 1. The molecule has 28 heavy (non-hydrogen) atoms. The molecule has 1 unspecified atom stereocenters. The third-order valence-electron chi connectivity index (χ3n) is 5.05. The van der Waals surface area contributed by atoms with E-state index < -0.39 is 0 Å². The molecule has 1 heterocycles. The van der Waals surface area contributed by atoms with E-state index in [2.05, 4.69) is 67.4 Å². The number of nitrogens with zero attached hydrogens (tertiary/aromatic N) is 1. The van der Waals surface area contributed by atoms with Crippen molar-refractivity contribution in [1.82, 2.24) is 4.98 Å². The highest BCUT2D eigenvalue weighted by atomic mass is 16.5. The Morgan fingerprint density at radius 1 is 0.964 bits per heavy atom. The normalized spacial score (nSPS) is 12.1. The maximum atomic E-state index is 5.98. The fourth-order valence-electron chi connectivity index (χ4n) is 3.64. The molecule has 2 nitrogen and oxygen atoms in total. The standard InChI is InChI=1S/C26H30NO/c1-21(2)28-26-16-7-6-13-24(26)18-17-23(25-15-9-19-27-20-25)14-8-12-22-10-4-3-5-11-22/h3-6,9-11,13,15-16,19-21,23H,8,12,14,17-18H2,1-2H3. The molecule has 0 fully saturated rings. The van der Waals surface area contributed by atoms with Crippen molar-refractivity contribution in [2.24, 2.45) is 0 Å². The van der Waals surface area contributed by atoms with Crippen molar-refractivity contribution in [2.45, 2.75) is 58.0 Å². The molecule has 0 amide bonds. The average molecular weight is 373 g/mol. The van der Waals surface area contributed by atoms with Crippen LogP contribution >= 0.6 is 0 Å². The van der Waals surface area contributed by atoms with Gasteiger partial charge in [-0.15, -0.1) is 0 Å². The highest BCUT2D eigenvalue weighted by molar-refractivity contribution is 5.33. The van der Waals surface area contributed by atoms with Gasteiger partial charge in [0.05, 0.1) is 6.10 Å². The molecule has 1 radical (unpaired) electrons. The summed E-state index contributed by atoms with van der Waals surface area (Å²) >= 11 is 0. The van der Waals surface area contributed by atoms with Gasteiger partial charge < -0.3 is 4.74 Å². The zero-order valence-electron chi connectivity index (χ0n) is 17.0. The first-order valence-electron chi connectivity index (χ1n) is 10.3. The summed E-state index contributed by atoms with van der Waals surface area (Å²) in [7, 11) is 0.